The third-order valence-electron chi connectivity index (χ3n) is 2.30. The summed E-state index contributed by atoms with van der Waals surface area (Å²) in [7, 11) is 1.38. The van der Waals surface area contributed by atoms with Crippen LogP contribution in [-0.2, 0) is 9.47 Å². The molecule has 0 amide bonds. The van der Waals surface area contributed by atoms with E-state index in [4.69, 9.17) is 9.47 Å². The number of rotatable bonds is 2. The van der Waals surface area contributed by atoms with Gasteiger partial charge in [-0.3, -0.25) is 0 Å². The Bertz CT molecular complexity index is 143. The molecule has 5 atom stereocenters. The highest BCUT2D eigenvalue weighted by atomic mass is 16.7. The van der Waals surface area contributed by atoms with Gasteiger partial charge in [0.15, 0.2) is 6.29 Å². The second-order valence-electron chi connectivity index (χ2n) is 3.16. The SMILES string of the molecule is CCC1O[C@@H](OC)C(O)[C@H](O)[C@@H]1O. The van der Waals surface area contributed by atoms with Gasteiger partial charge in [0.25, 0.3) is 0 Å². The average molecular weight is 192 g/mol. The smallest absolute Gasteiger partial charge is 0.186 e. The summed E-state index contributed by atoms with van der Waals surface area (Å²) >= 11 is 0. The number of methoxy groups -OCH3 is 1. The number of hydrogen-bond donors (Lipinski definition) is 3. The summed E-state index contributed by atoms with van der Waals surface area (Å²) in [5.41, 5.74) is 0. The lowest BCUT2D eigenvalue weighted by atomic mass is 9.97. The molecular formula is C8H16O5. The van der Waals surface area contributed by atoms with Crippen LogP contribution in [0.1, 0.15) is 13.3 Å². The zero-order valence-corrected chi connectivity index (χ0v) is 7.75. The van der Waals surface area contributed by atoms with Crippen LogP contribution in [0.15, 0.2) is 0 Å². The van der Waals surface area contributed by atoms with Crippen LogP contribution in [0.2, 0.25) is 0 Å². The number of hydrogen-bond acceptors (Lipinski definition) is 5. The van der Waals surface area contributed by atoms with E-state index in [-0.39, 0.29) is 0 Å². The molecule has 5 heteroatoms. The van der Waals surface area contributed by atoms with E-state index in [1.807, 2.05) is 6.92 Å². The molecule has 1 saturated heterocycles. The van der Waals surface area contributed by atoms with Crippen molar-refractivity contribution in [3.63, 3.8) is 0 Å². The average Bonchev–Trinajstić information content (AvgIpc) is 2.15. The van der Waals surface area contributed by atoms with E-state index < -0.39 is 30.7 Å². The van der Waals surface area contributed by atoms with E-state index in [1.165, 1.54) is 7.11 Å². The largest absolute Gasteiger partial charge is 0.388 e. The summed E-state index contributed by atoms with van der Waals surface area (Å²) in [4.78, 5) is 0. The molecule has 0 aliphatic carbocycles. The van der Waals surface area contributed by atoms with Gasteiger partial charge >= 0.3 is 0 Å². The summed E-state index contributed by atoms with van der Waals surface area (Å²) in [6.07, 6.45) is -4.23. The molecule has 0 bridgehead atoms. The summed E-state index contributed by atoms with van der Waals surface area (Å²) in [6.45, 7) is 1.82. The molecule has 5 nitrogen and oxygen atoms in total. The minimum Gasteiger partial charge on any atom is -0.388 e. The molecule has 2 unspecified atom stereocenters. The molecule has 1 aliphatic heterocycles. The fourth-order valence-electron chi connectivity index (χ4n) is 1.45. The molecule has 0 spiro atoms. The first-order valence-electron chi connectivity index (χ1n) is 4.34. The van der Waals surface area contributed by atoms with Crippen molar-refractivity contribution < 1.29 is 24.8 Å². The predicted octanol–water partition coefficient (Wildman–Crippen LogP) is -1.15. The van der Waals surface area contributed by atoms with Crippen molar-refractivity contribution in [2.45, 2.75) is 44.1 Å². The Morgan fingerprint density at radius 2 is 1.77 bits per heavy atom. The number of aliphatic hydroxyl groups is 3. The van der Waals surface area contributed by atoms with Gasteiger partial charge in [-0.05, 0) is 6.42 Å². The number of aliphatic hydroxyl groups excluding tert-OH is 3. The zero-order valence-electron chi connectivity index (χ0n) is 7.75. The molecular weight excluding hydrogens is 176 g/mol. The van der Waals surface area contributed by atoms with E-state index in [0.29, 0.717) is 6.42 Å². The summed E-state index contributed by atoms with van der Waals surface area (Å²) in [6, 6.07) is 0. The topological polar surface area (TPSA) is 79.2 Å². The van der Waals surface area contributed by atoms with Gasteiger partial charge in [-0.25, -0.2) is 0 Å². The van der Waals surface area contributed by atoms with Crippen molar-refractivity contribution in [2.75, 3.05) is 7.11 Å². The van der Waals surface area contributed by atoms with Crippen LogP contribution in [-0.4, -0.2) is 53.1 Å². The van der Waals surface area contributed by atoms with Gasteiger partial charge in [0.05, 0.1) is 6.10 Å². The highest BCUT2D eigenvalue weighted by Crippen LogP contribution is 2.23. The fraction of sp³-hybridized carbons (Fsp3) is 1.00. The first kappa shape index (κ1) is 10.9. The van der Waals surface area contributed by atoms with Gasteiger partial charge in [0, 0.05) is 7.11 Å². The third-order valence-corrected chi connectivity index (χ3v) is 2.30. The van der Waals surface area contributed by atoms with Crippen LogP contribution in [0.4, 0.5) is 0 Å². The Kier molecular flexibility index (Phi) is 3.63. The zero-order chi connectivity index (χ0) is 10.0. The quantitative estimate of drug-likeness (QED) is 0.515. The predicted molar refractivity (Wildman–Crippen MR) is 44.0 cm³/mol. The summed E-state index contributed by atoms with van der Waals surface area (Å²) in [5, 5.41) is 28.2. The molecule has 13 heavy (non-hydrogen) atoms. The van der Waals surface area contributed by atoms with Gasteiger partial charge in [-0.1, -0.05) is 6.92 Å². The minimum atomic E-state index is -1.20. The van der Waals surface area contributed by atoms with E-state index in [0.717, 1.165) is 0 Å². The molecule has 78 valence electrons. The molecule has 0 saturated carbocycles. The van der Waals surface area contributed by atoms with Crippen molar-refractivity contribution >= 4 is 0 Å². The maximum atomic E-state index is 9.43. The van der Waals surface area contributed by atoms with Crippen molar-refractivity contribution in [1.82, 2.24) is 0 Å². The Morgan fingerprint density at radius 3 is 2.23 bits per heavy atom. The monoisotopic (exact) mass is 192 g/mol. The minimum absolute atomic E-state index is 0.483. The molecule has 0 radical (unpaired) electrons. The molecule has 0 aromatic rings. The second-order valence-corrected chi connectivity index (χ2v) is 3.16. The normalized spacial score (nSPS) is 46.4. The van der Waals surface area contributed by atoms with E-state index in [1.54, 1.807) is 0 Å². The maximum absolute atomic E-state index is 9.43. The Hall–Kier alpha value is -0.200. The van der Waals surface area contributed by atoms with Crippen molar-refractivity contribution in [1.29, 1.82) is 0 Å². The van der Waals surface area contributed by atoms with Gasteiger partial charge in [-0.2, -0.15) is 0 Å². The maximum Gasteiger partial charge on any atom is 0.186 e. The van der Waals surface area contributed by atoms with E-state index in [2.05, 4.69) is 0 Å². The highest BCUT2D eigenvalue weighted by Gasteiger charge is 2.42. The molecule has 1 fully saturated rings. The Morgan fingerprint density at radius 1 is 1.15 bits per heavy atom. The summed E-state index contributed by atoms with van der Waals surface area (Å²) in [5.74, 6) is 0. The molecule has 0 aromatic heterocycles. The van der Waals surface area contributed by atoms with E-state index >= 15 is 0 Å². The highest BCUT2D eigenvalue weighted by molar-refractivity contribution is 4.88. The fourth-order valence-corrected chi connectivity index (χ4v) is 1.45. The standard InChI is InChI=1S/C8H16O5/c1-3-4-5(9)6(10)7(11)8(12-2)13-4/h4-11H,3H2,1-2H3/t4?,5-,6-,7?,8-/m1/s1. The van der Waals surface area contributed by atoms with Crippen LogP contribution in [0, 0.1) is 0 Å². The Balaban J connectivity index is 2.66. The van der Waals surface area contributed by atoms with Crippen LogP contribution in [0.25, 0.3) is 0 Å². The lowest BCUT2D eigenvalue weighted by molar-refractivity contribution is -0.290. The van der Waals surface area contributed by atoms with Gasteiger partial charge in [0.1, 0.15) is 18.3 Å². The lowest BCUT2D eigenvalue weighted by Gasteiger charge is -2.39. The van der Waals surface area contributed by atoms with Crippen molar-refractivity contribution in [2.24, 2.45) is 0 Å². The third kappa shape index (κ3) is 2.00. The molecule has 0 aromatic carbocycles. The van der Waals surface area contributed by atoms with Gasteiger partial charge < -0.3 is 24.8 Å². The van der Waals surface area contributed by atoms with Gasteiger partial charge in [-0.15, -0.1) is 0 Å². The lowest BCUT2D eigenvalue weighted by Crippen LogP contribution is -2.57. The number of ether oxygens (including phenoxy) is 2. The van der Waals surface area contributed by atoms with Crippen LogP contribution in [0.3, 0.4) is 0 Å². The van der Waals surface area contributed by atoms with Crippen LogP contribution < -0.4 is 0 Å². The van der Waals surface area contributed by atoms with E-state index in [9.17, 15) is 15.3 Å². The summed E-state index contributed by atoms with van der Waals surface area (Å²) < 4.78 is 10.0. The first-order valence-corrected chi connectivity index (χ1v) is 4.34. The van der Waals surface area contributed by atoms with Crippen molar-refractivity contribution in [3.8, 4) is 0 Å². The second kappa shape index (κ2) is 4.34. The Labute approximate surface area is 76.9 Å². The van der Waals surface area contributed by atoms with Crippen LogP contribution in [0.5, 0.6) is 0 Å². The molecule has 1 rings (SSSR count). The molecule has 3 N–H and O–H groups in total. The van der Waals surface area contributed by atoms with Crippen LogP contribution >= 0.6 is 0 Å². The first-order chi connectivity index (χ1) is 6.11. The van der Waals surface area contributed by atoms with Crippen molar-refractivity contribution in [3.05, 3.63) is 0 Å². The van der Waals surface area contributed by atoms with Gasteiger partial charge in [0.2, 0.25) is 0 Å². The molecule has 1 aliphatic rings. The molecule has 1 heterocycles.